The maximum absolute atomic E-state index is 6.17. The molecule has 35 heavy (non-hydrogen) atoms. The van der Waals surface area contributed by atoms with Crippen LogP contribution < -0.4 is 11.6 Å². The molecular formula is C26H34N8O. The SMILES string of the molecule is C/C(N)=C(\c1cnc2c3ccc(-c4cnn(C(C)C)c4)nc3n(CC3CCOCC3)c2c1)N(C)N. The van der Waals surface area contributed by atoms with Crippen LogP contribution in [0.4, 0.5) is 0 Å². The summed E-state index contributed by atoms with van der Waals surface area (Å²) in [5.74, 6) is 6.63. The van der Waals surface area contributed by atoms with Gasteiger partial charge in [-0.1, -0.05) is 0 Å². The van der Waals surface area contributed by atoms with Crippen molar-refractivity contribution in [3.63, 3.8) is 0 Å². The zero-order valence-electron chi connectivity index (χ0n) is 20.9. The van der Waals surface area contributed by atoms with Crippen LogP contribution in [0.15, 0.2) is 42.5 Å². The standard InChI is InChI=1S/C26H34N8O/c1-16(2)34-15-20(13-30-34)22-6-5-21-24-23(11-19(12-29-24)25(17(3)27)32(4)28)33(26(21)31-22)14-18-7-9-35-10-8-18/h5-6,11-13,15-16,18H,7-10,14,27-28H2,1-4H3/b25-17-. The first-order valence-electron chi connectivity index (χ1n) is 12.2. The van der Waals surface area contributed by atoms with Crippen molar-refractivity contribution >= 4 is 27.8 Å². The fraction of sp³-hybridized carbons (Fsp3) is 0.423. The van der Waals surface area contributed by atoms with Crippen molar-refractivity contribution in [2.75, 3.05) is 20.3 Å². The van der Waals surface area contributed by atoms with Crippen molar-refractivity contribution in [2.45, 2.75) is 46.2 Å². The molecule has 0 saturated carbocycles. The van der Waals surface area contributed by atoms with Crippen LogP contribution >= 0.6 is 0 Å². The number of allylic oxidation sites excluding steroid dienone is 1. The Hall–Kier alpha value is -3.43. The van der Waals surface area contributed by atoms with Crippen LogP contribution in [0.25, 0.3) is 39.0 Å². The Balaban J connectivity index is 1.70. The molecule has 9 nitrogen and oxygen atoms in total. The predicted molar refractivity (Wildman–Crippen MR) is 139 cm³/mol. The zero-order valence-corrected chi connectivity index (χ0v) is 20.9. The molecule has 5 rings (SSSR count). The van der Waals surface area contributed by atoms with E-state index in [0.717, 1.165) is 77.2 Å². The van der Waals surface area contributed by atoms with Crippen molar-refractivity contribution < 1.29 is 4.74 Å². The lowest BCUT2D eigenvalue weighted by Gasteiger charge is -2.23. The van der Waals surface area contributed by atoms with E-state index in [9.17, 15) is 0 Å². The van der Waals surface area contributed by atoms with Crippen LogP contribution in [0.3, 0.4) is 0 Å². The number of pyridine rings is 2. The summed E-state index contributed by atoms with van der Waals surface area (Å²) in [4.78, 5) is 10.00. The number of fused-ring (bicyclic) bond motifs is 3. The molecule has 0 atom stereocenters. The topological polar surface area (TPSA) is 113 Å². The van der Waals surface area contributed by atoms with E-state index in [1.165, 1.54) is 0 Å². The van der Waals surface area contributed by atoms with Crippen LogP contribution in [0.5, 0.6) is 0 Å². The molecule has 4 aromatic rings. The second-order valence-corrected chi connectivity index (χ2v) is 9.77. The summed E-state index contributed by atoms with van der Waals surface area (Å²) in [6.45, 7) is 8.55. The Morgan fingerprint density at radius 2 is 2.00 bits per heavy atom. The maximum atomic E-state index is 6.17. The van der Waals surface area contributed by atoms with Crippen LogP contribution in [-0.2, 0) is 11.3 Å². The second kappa shape index (κ2) is 9.31. The van der Waals surface area contributed by atoms with E-state index in [-0.39, 0.29) is 0 Å². The Kier molecular flexibility index (Phi) is 6.21. The van der Waals surface area contributed by atoms with Gasteiger partial charge < -0.3 is 20.0 Å². The summed E-state index contributed by atoms with van der Waals surface area (Å²) in [6, 6.07) is 6.61. The Labute approximate surface area is 205 Å². The molecule has 184 valence electrons. The molecule has 0 spiro atoms. The molecule has 0 aliphatic carbocycles. The lowest BCUT2D eigenvalue weighted by atomic mass is 10.0. The average Bonchev–Trinajstić information content (AvgIpc) is 3.43. The smallest absolute Gasteiger partial charge is 0.143 e. The highest BCUT2D eigenvalue weighted by Gasteiger charge is 2.21. The molecule has 0 unspecified atom stereocenters. The van der Waals surface area contributed by atoms with Crippen LogP contribution in [0.2, 0.25) is 0 Å². The van der Waals surface area contributed by atoms with Gasteiger partial charge in [0.1, 0.15) is 5.65 Å². The van der Waals surface area contributed by atoms with E-state index in [0.29, 0.717) is 17.7 Å². The molecule has 1 saturated heterocycles. The number of hydrazine groups is 1. The third-order valence-electron chi connectivity index (χ3n) is 6.75. The van der Waals surface area contributed by atoms with Crippen molar-refractivity contribution in [2.24, 2.45) is 17.5 Å². The van der Waals surface area contributed by atoms with E-state index in [1.807, 2.05) is 24.0 Å². The van der Waals surface area contributed by atoms with Gasteiger partial charge >= 0.3 is 0 Å². The fourth-order valence-corrected chi connectivity index (χ4v) is 4.94. The van der Waals surface area contributed by atoms with Gasteiger partial charge in [-0.2, -0.15) is 5.10 Å². The van der Waals surface area contributed by atoms with E-state index < -0.39 is 0 Å². The van der Waals surface area contributed by atoms with Gasteiger partial charge in [-0.15, -0.1) is 0 Å². The van der Waals surface area contributed by atoms with E-state index in [4.69, 9.17) is 26.3 Å². The maximum Gasteiger partial charge on any atom is 0.143 e. The minimum absolute atomic E-state index is 0.295. The normalized spacial score (nSPS) is 15.8. The second-order valence-electron chi connectivity index (χ2n) is 9.77. The quantitative estimate of drug-likeness (QED) is 0.322. The fourth-order valence-electron chi connectivity index (χ4n) is 4.94. The van der Waals surface area contributed by atoms with Gasteiger partial charge in [-0.3, -0.25) is 9.67 Å². The zero-order chi connectivity index (χ0) is 24.7. The highest BCUT2D eigenvalue weighted by atomic mass is 16.5. The Morgan fingerprint density at radius 3 is 2.66 bits per heavy atom. The molecule has 0 aromatic carbocycles. The van der Waals surface area contributed by atoms with Crippen LogP contribution in [0, 0.1) is 5.92 Å². The molecule has 4 N–H and O–H groups in total. The molecular weight excluding hydrogens is 440 g/mol. The summed E-state index contributed by atoms with van der Waals surface area (Å²) in [6.07, 6.45) is 7.85. The van der Waals surface area contributed by atoms with Crippen molar-refractivity contribution in [1.82, 2.24) is 29.3 Å². The third kappa shape index (κ3) is 4.37. The molecule has 1 fully saturated rings. The summed E-state index contributed by atoms with van der Waals surface area (Å²) in [5.41, 5.74) is 13.3. The van der Waals surface area contributed by atoms with E-state index >= 15 is 0 Å². The number of nitrogens with zero attached hydrogens (tertiary/aromatic N) is 6. The average molecular weight is 475 g/mol. The Bertz CT molecular complexity index is 1390. The molecule has 0 radical (unpaired) electrons. The molecule has 0 amide bonds. The summed E-state index contributed by atoms with van der Waals surface area (Å²) >= 11 is 0. The number of rotatable bonds is 6. The minimum Gasteiger partial charge on any atom is -0.401 e. The van der Waals surface area contributed by atoms with Crippen molar-refractivity contribution in [3.8, 4) is 11.3 Å². The molecule has 4 aromatic heterocycles. The van der Waals surface area contributed by atoms with Crippen molar-refractivity contribution in [3.05, 3.63) is 48.1 Å². The van der Waals surface area contributed by atoms with Gasteiger partial charge in [0.15, 0.2) is 0 Å². The number of nitrogens with two attached hydrogens (primary N) is 2. The lowest BCUT2D eigenvalue weighted by Crippen LogP contribution is -2.26. The first-order valence-corrected chi connectivity index (χ1v) is 12.2. The highest BCUT2D eigenvalue weighted by molar-refractivity contribution is 6.05. The van der Waals surface area contributed by atoms with E-state index in [1.54, 1.807) is 12.1 Å². The lowest BCUT2D eigenvalue weighted by molar-refractivity contribution is 0.0619. The number of ether oxygens (including phenoxy) is 1. The first kappa shape index (κ1) is 23.3. The number of hydrogen-bond acceptors (Lipinski definition) is 7. The summed E-state index contributed by atoms with van der Waals surface area (Å²) < 4.78 is 9.88. The van der Waals surface area contributed by atoms with Crippen LogP contribution in [-0.4, -0.2) is 49.6 Å². The predicted octanol–water partition coefficient (Wildman–Crippen LogP) is 3.91. The van der Waals surface area contributed by atoms with Crippen LogP contribution in [0.1, 0.15) is 45.2 Å². The third-order valence-corrected chi connectivity index (χ3v) is 6.75. The molecule has 1 aliphatic heterocycles. The monoisotopic (exact) mass is 474 g/mol. The van der Waals surface area contributed by atoms with Gasteiger partial charge in [0.2, 0.25) is 0 Å². The minimum atomic E-state index is 0.295. The highest BCUT2D eigenvalue weighted by Crippen LogP contribution is 2.33. The Morgan fingerprint density at radius 1 is 1.23 bits per heavy atom. The molecule has 5 heterocycles. The van der Waals surface area contributed by atoms with Gasteiger partial charge in [0.25, 0.3) is 0 Å². The molecule has 0 bridgehead atoms. The summed E-state index contributed by atoms with van der Waals surface area (Å²) in [5, 5.41) is 7.09. The first-order chi connectivity index (χ1) is 16.8. The number of hydrogen-bond donors (Lipinski definition) is 2. The largest absolute Gasteiger partial charge is 0.401 e. The van der Waals surface area contributed by atoms with Gasteiger partial charge in [0.05, 0.1) is 28.6 Å². The number of aromatic nitrogens is 5. The van der Waals surface area contributed by atoms with E-state index in [2.05, 4.69) is 47.9 Å². The van der Waals surface area contributed by atoms with Gasteiger partial charge in [0, 0.05) is 67.5 Å². The molecule has 9 heteroatoms. The van der Waals surface area contributed by atoms with Gasteiger partial charge in [-0.25, -0.2) is 10.8 Å². The molecule has 1 aliphatic rings. The van der Waals surface area contributed by atoms with Gasteiger partial charge in [-0.05, 0) is 57.7 Å². The summed E-state index contributed by atoms with van der Waals surface area (Å²) in [7, 11) is 1.79. The van der Waals surface area contributed by atoms with Crippen molar-refractivity contribution in [1.29, 1.82) is 0 Å².